The predicted molar refractivity (Wildman–Crippen MR) is 74.0 cm³/mol. The smallest absolute Gasteiger partial charge is 0.0790 e. The second kappa shape index (κ2) is 4.44. The Morgan fingerprint density at radius 2 is 1.89 bits per heavy atom. The molecule has 0 spiro atoms. The van der Waals surface area contributed by atoms with Gasteiger partial charge in [-0.1, -0.05) is 41.9 Å². The van der Waals surface area contributed by atoms with Gasteiger partial charge in [0.15, 0.2) is 0 Å². The molecule has 0 unspecified atom stereocenters. The van der Waals surface area contributed by atoms with Crippen LogP contribution in [-0.2, 0) is 6.54 Å². The lowest BCUT2D eigenvalue weighted by atomic mass is 10.0. The maximum absolute atomic E-state index is 5.92. The Bertz CT molecular complexity index is 703. The standard InChI is InChI=1S/C14H12ClN3/c15-11-8-17-18(9-11)14-6-5-10(7-16)12-3-1-2-4-13(12)14/h1-6,8-9H,7,16H2. The zero-order valence-corrected chi connectivity index (χ0v) is 10.4. The molecule has 3 rings (SSSR count). The molecule has 18 heavy (non-hydrogen) atoms. The van der Waals surface area contributed by atoms with Crippen LogP contribution in [0.4, 0.5) is 0 Å². The largest absolute Gasteiger partial charge is 0.326 e. The van der Waals surface area contributed by atoms with E-state index >= 15 is 0 Å². The van der Waals surface area contributed by atoms with E-state index in [0.717, 1.165) is 22.0 Å². The zero-order valence-electron chi connectivity index (χ0n) is 9.68. The fourth-order valence-corrected chi connectivity index (χ4v) is 2.29. The molecule has 0 atom stereocenters. The Kier molecular flexibility index (Phi) is 2.78. The van der Waals surface area contributed by atoms with E-state index in [1.807, 2.05) is 24.3 Å². The molecule has 0 amide bonds. The van der Waals surface area contributed by atoms with E-state index in [0.29, 0.717) is 11.6 Å². The molecule has 3 aromatic rings. The minimum atomic E-state index is 0.528. The van der Waals surface area contributed by atoms with Crippen LogP contribution in [0.5, 0.6) is 0 Å². The zero-order chi connectivity index (χ0) is 12.5. The van der Waals surface area contributed by atoms with Gasteiger partial charge >= 0.3 is 0 Å². The van der Waals surface area contributed by atoms with Crippen molar-refractivity contribution in [2.45, 2.75) is 6.54 Å². The van der Waals surface area contributed by atoms with Gasteiger partial charge in [0.25, 0.3) is 0 Å². The van der Waals surface area contributed by atoms with Crippen molar-refractivity contribution >= 4 is 22.4 Å². The molecule has 1 aromatic heterocycles. The fraction of sp³-hybridized carbons (Fsp3) is 0.0714. The first-order valence-corrected chi connectivity index (χ1v) is 6.08. The maximum Gasteiger partial charge on any atom is 0.0790 e. The molecule has 0 aliphatic rings. The average Bonchev–Trinajstić information content (AvgIpc) is 2.84. The van der Waals surface area contributed by atoms with Crippen molar-refractivity contribution in [2.24, 2.45) is 5.73 Å². The molecule has 0 radical (unpaired) electrons. The molecule has 0 saturated heterocycles. The van der Waals surface area contributed by atoms with Crippen LogP contribution in [0.3, 0.4) is 0 Å². The molecule has 3 nitrogen and oxygen atoms in total. The predicted octanol–water partition coefficient (Wildman–Crippen LogP) is 3.14. The first-order valence-electron chi connectivity index (χ1n) is 5.71. The molecular weight excluding hydrogens is 246 g/mol. The quantitative estimate of drug-likeness (QED) is 0.767. The fourth-order valence-electron chi connectivity index (χ4n) is 2.16. The van der Waals surface area contributed by atoms with Gasteiger partial charge in [-0.05, 0) is 17.0 Å². The van der Waals surface area contributed by atoms with Crippen LogP contribution < -0.4 is 5.73 Å². The summed E-state index contributed by atoms with van der Waals surface area (Å²) >= 11 is 5.92. The van der Waals surface area contributed by atoms with E-state index in [1.165, 1.54) is 0 Å². The van der Waals surface area contributed by atoms with Crippen LogP contribution >= 0.6 is 11.6 Å². The van der Waals surface area contributed by atoms with Crippen LogP contribution in [0, 0.1) is 0 Å². The van der Waals surface area contributed by atoms with E-state index in [-0.39, 0.29) is 0 Å². The second-order valence-corrected chi connectivity index (χ2v) is 4.53. The van der Waals surface area contributed by atoms with Gasteiger partial charge in [0.1, 0.15) is 0 Å². The summed E-state index contributed by atoms with van der Waals surface area (Å²) in [6.45, 7) is 0.528. The van der Waals surface area contributed by atoms with Crippen LogP contribution in [-0.4, -0.2) is 9.78 Å². The summed E-state index contributed by atoms with van der Waals surface area (Å²) in [5.74, 6) is 0. The molecule has 0 bridgehead atoms. The number of hydrogen-bond acceptors (Lipinski definition) is 2. The highest BCUT2D eigenvalue weighted by Gasteiger charge is 2.07. The Morgan fingerprint density at radius 1 is 1.11 bits per heavy atom. The molecular formula is C14H12ClN3. The Labute approximate surface area is 110 Å². The van der Waals surface area contributed by atoms with Gasteiger partial charge in [-0.25, -0.2) is 4.68 Å². The lowest BCUT2D eigenvalue weighted by molar-refractivity contribution is 0.887. The van der Waals surface area contributed by atoms with Crippen molar-refractivity contribution in [1.82, 2.24) is 9.78 Å². The molecule has 0 fully saturated rings. The Hall–Kier alpha value is -1.84. The summed E-state index contributed by atoms with van der Waals surface area (Å²) in [6, 6.07) is 12.2. The van der Waals surface area contributed by atoms with Crippen LogP contribution in [0.15, 0.2) is 48.8 Å². The molecule has 0 saturated carbocycles. The summed E-state index contributed by atoms with van der Waals surface area (Å²) in [4.78, 5) is 0. The number of rotatable bonds is 2. The summed E-state index contributed by atoms with van der Waals surface area (Å²) in [7, 11) is 0. The highest BCUT2D eigenvalue weighted by atomic mass is 35.5. The van der Waals surface area contributed by atoms with E-state index < -0.39 is 0 Å². The third-order valence-corrected chi connectivity index (χ3v) is 3.20. The van der Waals surface area contributed by atoms with E-state index in [2.05, 4.69) is 17.2 Å². The monoisotopic (exact) mass is 257 g/mol. The average molecular weight is 258 g/mol. The molecule has 0 aliphatic carbocycles. The maximum atomic E-state index is 5.92. The number of hydrogen-bond donors (Lipinski definition) is 1. The number of benzene rings is 2. The summed E-state index contributed by atoms with van der Waals surface area (Å²) in [6.07, 6.45) is 3.43. The van der Waals surface area contributed by atoms with Crippen LogP contribution in [0.2, 0.25) is 5.02 Å². The first-order chi connectivity index (χ1) is 8.79. The van der Waals surface area contributed by atoms with Gasteiger partial charge in [0.2, 0.25) is 0 Å². The van der Waals surface area contributed by atoms with Crippen molar-refractivity contribution < 1.29 is 0 Å². The van der Waals surface area contributed by atoms with Gasteiger partial charge in [-0.2, -0.15) is 5.10 Å². The lowest BCUT2D eigenvalue weighted by Crippen LogP contribution is -2.01. The number of aromatic nitrogens is 2. The first kappa shape index (κ1) is 11.3. The van der Waals surface area contributed by atoms with Crippen LogP contribution in [0.1, 0.15) is 5.56 Å². The van der Waals surface area contributed by atoms with Gasteiger partial charge < -0.3 is 5.73 Å². The molecule has 2 aromatic carbocycles. The van der Waals surface area contributed by atoms with Gasteiger partial charge in [-0.3, -0.25) is 0 Å². The molecule has 90 valence electrons. The Balaban J connectivity index is 2.31. The van der Waals surface area contributed by atoms with Crippen molar-refractivity contribution in [3.8, 4) is 5.69 Å². The molecule has 1 heterocycles. The van der Waals surface area contributed by atoms with Crippen LogP contribution in [0.25, 0.3) is 16.5 Å². The van der Waals surface area contributed by atoms with Crippen molar-refractivity contribution in [1.29, 1.82) is 0 Å². The number of halogens is 1. The van der Waals surface area contributed by atoms with Gasteiger partial charge in [0, 0.05) is 18.1 Å². The minimum absolute atomic E-state index is 0.528. The van der Waals surface area contributed by atoms with E-state index in [1.54, 1.807) is 17.1 Å². The van der Waals surface area contributed by atoms with Gasteiger partial charge in [-0.15, -0.1) is 0 Å². The van der Waals surface area contributed by atoms with Gasteiger partial charge in [0.05, 0.1) is 16.9 Å². The lowest BCUT2D eigenvalue weighted by Gasteiger charge is -2.10. The highest BCUT2D eigenvalue weighted by molar-refractivity contribution is 6.30. The molecule has 0 aliphatic heterocycles. The number of nitrogens with two attached hydrogens (primary N) is 1. The second-order valence-electron chi connectivity index (χ2n) is 4.10. The van der Waals surface area contributed by atoms with E-state index in [9.17, 15) is 0 Å². The molecule has 2 N–H and O–H groups in total. The third-order valence-electron chi connectivity index (χ3n) is 3.01. The summed E-state index contributed by atoms with van der Waals surface area (Å²) in [5.41, 5.74) is 7.91. The highest BCUT2D eigenvalue weighted by Crippen LogP contribution is 2.25. The summed E-state index contributed by atoms with van der Waals surface area (Å²) in [5, 5.41) is 7.15. The summed E-state index contributed by atoms with van der Waals surface area (Å²) < 4.78 is 1.78. The normalized spacial score (nSPS) is 11.0. The van der Waals surface area contributed by atoms with Crippen molar-refractivity contribution in [2.75, 3.05) is 0 Å². The number of fused-ring (bicyclic) bond motifs is 1. The number of nitrogens with zero attached hydrogens (tertiary/aromatic N) is 2. The van der Waals surface area contributed by atoms with Crippen molar-refractivity contribution in [3.05, 3.63) is 59.4 Å². The SMILES string of the molecule is NCc1ccc(-n2cc(Cl)cn2)c2ccccc12. The topological polar surface area (TPSA) is 43.8 Å². The third kappa shape index (κ3) is 1.78. The van der Waals surface area contributed by atoms with E-state index in [4.69, 9.17) is 17.3 Å². The van der Waals surface area contributed by atoms with Crippen molar-refractivity contribution in [3.63, 3.8) is 0 Å². The Morgan fingerprint density at radius 3 is 2.56 bits per heavy atom. The minimum Gasteiger partial charge on any atom is -0.326 e. The molecule has 4 heteroatoms.